The maximum absolute atomic E-state index is 13.0. The fraction of sp³-hybridized carbons (Fsp3) is 0.294. The Labute approximate surface area is 137 Å². The van der Waals surface area contributed by atoms with E-state index in [0.717, 1.165) is 23.1 Å². The molecule has 1 fully saturated rings. The molecule has 6 heteroatoms. The molecule has 1 saturated heterocycles. The Morgan fingerprint density at radius 1 is 1.35 bits per heavy atom. The molecule has 2 aromatic rings. The van der Waals surface area contributed by atoms with E-state index >= 15 is 0 Å². The number of ether oxygens (including phenoxy) is 1. The lowest BCUT2D eigenvalue weighted by Crippen LogP contribution is -2.41. The van der Waals surface area contributed by atoms with Crippen molar-refractivity contribution in [3.63, 3.8) is 0 Å². The standard InChI is InChI=1S/C17H16N2O3S/c1-22-13-3-2-12-4-6-17(14(12)8-13)15(20)19(16(21)18-17)9-11-5-7-23-10-11/h2-3,5,7-8,10H,4,6,9H2,1H3,(H,18,21). The van der Waals surface area contributed by atoms with Crippen LogP contribution in [0.4, 0.5) is 4.79 Å². The van der Waals surface area contributed by atoms with Gasteiger partial charge in [0, 0.05) is 0 Å². The van der Waals surface area contributed by atoms with Crippen molar-refractivity contribution in [2.75, 3.05) is 7.11 Å². The third kappa shape index (κ3) is 2.05. The van der Waals surface area contributed by atoms with Crippen molar-refractivity contribution >= 4 is 23.3 Å². The monoisotopic (exact) mass is 328 g/mol. The maximum Gasteiger partial charge on any atom is 0.325 e. The zero-order valence-corrected chi connectivity index (χ0v) is 13.5. The number of carbonyl (C=O) groups excluding carboxylic acids is 2. The summed E-state index contributed by atoms with van der Waals surface area (Å²) in [4.78, 5) is 26.8. The molecule has 4 rings (SSSR count). The molecule has 1 aliphatic carbocycles. The molecule has 5 nitrogen and oxygen atoms in total. The van der Waals surface area contributed by atoms with Crippen molar-refractivity contribution in [3.8, 4) is 5.75 Å². The number of aryl methyl sites for hydroxylation is 1. The van der Waals surface area contributed by atoms with Gasteiger partial charge in [-0.25, -0.2) is 4.79 Å². The van der Waals surface area contributed by atoms with Crippen molar-refractivity contribution in [1.29, 1.82) is 0 Å². The second kappa shape index (κ2) is 5.09. The quantitative estimate of drug-likeness (QED) is 0.881. The molecule has 0 bridgehead atoms. The first-order valence-electron chi connectivity index (χ1n) is 7.46. The second-order valence-electron chi connectivity index (χ2n) is 5.88. The highest BCUT2D eigenvalue weighted by Gasteiger charge is 2.55. The van der Waals surface area contributed by atoms with Gasteiger partial charge in [-0.3, -0.25) is 9.69 Å². The van der Waals surface area contributed by atoms with Crippen molar-refractivity contribution in [2.45, 2.75) is 24.9 Å². The Morgan fingerprint density at radius 3 is 2.96 bits per heavy atom. The van der Waals surface area contributed by atoms with Crippen LogP contribution in [-0.4, -0.2) is 23.9 Å². The van der Waals surface area contributed by atoms with E-state index in [9.17, 15) is 9.59 Å². The average molecular weight is 328 g/mol. The lowest BCUT2D eigenvalue weighted by Gasteiger charge is -2.22. The van der Waals surface area contributed by atoms with Crippen LogP contribution in [0.2, 0.25) is 0 Å². The summed E-state index contributed by atoms with van der Waals surface area (Å²) in [6.45, 7) is 0.315. The molecule has 1 unspecified atom stereocenters. The average Bonchev–Trinajstić information content (AvgIpc) is 3.25. The molecule has 118 valence electrons. The van der Waals surface area contributed by atoms with Crippen molar-refractivity contribution < 1.29 is 14.3 Å². The molecule has 1 aliphatic heterocycles. The number of hydrogen-bond acceptors (Lipinski definition) is 4. The summed E-state index contributed by atoms with van der Waals surface area (Å²) in [7, 11) is 1.60. The molecule has 2 heterocycles. The number of benzene rings is 1. The van der Waals surface area contributed by atoms with Gasteiger partial charge in [-0.2, -0.15) is 11.3 Å². The Morgan fingerprint density at radius 2 is 2.22 bits per heavy atom. The number of carbonyl (C=O) groups is 2. The predicted octanol–water partition coefficient (Wildman–Crippen LogP) is 2.65. The van der Waals surface area contributed by atoms with Gasteiger partial charge >= 0.3 is 6.03 Å². The van der Waals surface area contributed by atoms with Crippen LogP contribution in [0.5, 0.6) is 5.75 Å². The molecule has 23 heavy (non-hydrogen) atoms. The highest BCUT2D eigenvalue weighted by molar-refractivity contribution is 7.07. The molecule has 0 saturated carbocycles. The molecular formula is C17H16N2O3S. The van der Waals surface area contributed by atoms with Gasteiger partial charge in [-0.15, -0.1) is 0 Å². The van der Waals surface area contributed by atoms with Gasteiger partial charge in [0.05, 0.1) is 13.7 Å². The summed E-state index contributed by atoms with van der Waals surface area (Å²) in [6.07, 6.45) is 1.37. The van der Waals surface area contributed by atoms with Crippen LogP contribution in [0.1, 0.15) is 23.1 Å². The first kappa shape index (κ1) is 14.3. The fourth-order valence-electron chi connectivity index (χ4n) is 3.44. The summed E-state index contributed by atoms with van der Waals surface area (Å²) >= 11 is 1.56. The van der Waals surface area contributed by atoms with Crippen molar-refractivity contribution in [3.05, 3.63) is 51.7 Å². The van der Waals surface area contributed by atoms with Gasteiger partial charge in [-0.1, -0.05) is 6.07 Å². The molecular weight excluding hydrogens is 312 g/mol. The summed E-state index contributed by atoms with van der Waals surface area (Å²) in [5.41, 5.74) is 2.00. The van der Waals surface area contributed by atoms with E-state index in [1.807, 2.05) is 35.0 Å². The van der Waals surface area contributed by atoms with E-state index in [-0.39, 0.29) is 11.9 Å². The number of amides is 3. The zero-order chi connectivity index (χ0) is 16.0. The van der Waals surface area contributed by atoms with Crippen LogP contribution >= 0.6 is 11.3 Å². The molecule has 1 aromatic carbocycles. The summed E-state index contributed by atoms with van der Waals surface area (Å²) < 4.78 is 5.28. The van der Waals surface area contributed by atoms with E-state index in [2.05, 4.69) is 5.32 Å². The third-order valence-corrected chi connectivity index (χ3v) is 5.37. The Bertz CT molecular complexity index is 787. The van der Waals surface area contributed by atoms with Crippen molar-refractivity contribution in [2.24, 2.45) is 0 Å². The highest BCUT2D eigenvalue weighted by Crippen LogP contribution is 2.43. The number of thiophene rings is 1. The van der Waals surface area contributed by atoms with E-state index < -0.39 is 5.54 Å². The summed E-state index contributed by atoms with van der Waals surface area (Å²) in [5, 5.41) is 6.83. The first-order chi connectivity index (χ1) is 11.1. The number of fused-ring (bicyclic) bond motifs is 2. The Balaban J connectivity index is 1.71. The molecule has 2 aliphatic rings. The minimum atomic E-state index is -0.934. The van der Waals surface area contributed by atoms with Crippen LogP contribution in [0.25, 0.3) is 0 Å². The molecule has 3 amide bonds. The number of hydrogen-bond donors (Lipinski definition) is 1. The van der Waals surface area contributed by atoms with Gasteiger partial charge in [-0.05, 0) is 58.5 Å². The SMILES string of the molecule is COc1ccc2c(c1)C1(CC2)NC(=O)N(Cc2ccsc2)C1=O. The third-order valence-electron chi connectivity index (χ3n) is 4.64. The van der Waals surface area contributed by atoms with E-state index in [1.165, 1.54) is 4.90 Å². The summed E-state index contributed by atoms with van der Waals surface area (Å²) in [6, 6.07) is 7.35. The van der Waals surface area contributed by atoms with E-state index in [4.69, 9.17) is 4.74 Å². The minimum absolute atomic E-state index is 0.166. The molecule has 1 N–H and O–H groups in total. The maximum atomic E-state index is 13.0. The Kier molecular flexibility index (Phi) is 3.16. The van der Waals surface area contributed by atoms with Gasteiger partial charge in [0.25, 0.3) is 5.91 Å². The summed E-state index contributed by atoms with van der Waals surface area (Å²) in [5.74, 6) is 0.532. The van der Waals surface area contributed by atoms with Crippen LogP contribution in [0.3, 0.4) is 0 Å². The molecule has 1 spiro atoms. The van der Waals surface area contributed by atoms with Crippen molar-refractivity contribution in [1.82, 2.24) is 10.2 Å². The minimum Gasteiger partial charge on any atom is -0.497 e. The number of nitrogens with zero attached hydrogens (tertiary/aromatic N) is 1. The number of imide groups is 1. The smallest absolute Gasteiger partial charge is 0.325 e. The Hall–Kier alpha value is -2.34. The number of nitrogens with one attached hydrogen (secondary N) is 1. The van der Waals surface area contributed by atoms with Crippen LogP contribution in [0, 0.1) is 0 Å². The highest BCUT2D eigenvalue weighted by atomic mass is 32.1. The fourth-order valence-corrected chi connectivity index (χ4v) is 4.10. The van der Waals surface area contributed by atoms with E-state index in [0.29, 0.717) is 18.7 Å². The van der Waals surface area contributed by atoms with Gasteiger partial charge < -0.3 is 10.1 Å². The second-order valence-corrected chi connectivity index (χ2v) is 6.66. The van der Waals surface area contributed by atoms with Crippen LogP contribution in [-0.2, 0) is 23.3 Å². The number of methoxy groups -OCH3 is 1. The van der Waals surface area contributed by atoms with Gasteiger partial charge in [0.2, 0.25) is 0 Å². The van der Waals surface area contributed by atoms with Crippen LogP contribution in [0.15, 0.2) is 35.0 Å². The van der Waals surface area contributed by atoms with Gasteiger partial charge in [0.15, 0.2) is 0 Å². The normalized spacial score (nSPS) is 22.6. The lowest BCUT2D eigenvalue weighted by atomic mass is 9.91. The topological polar surface area (TPSA) is 58.6 Å². The van der Waals surface area contributed by atoms with Gasteiger partial charge in [0.1, 0.15) is 11.3 Å². The van der Waals surface area contributed by atoms with E-state index in [1.54, 1.807) is 18.4 Å². The zero-order valence-electron chi connectivity index (χ0n) is 12.7. The van der Waals surface area contributed by atoms with Crippen LogP contribution < -0.4 is 10.1 Å². The first-order valence-corrected chi connectivity index (χ1v) is 8.41. The molecule has 0 radical (unpaired) electrons. The lowest BCUT2D eigenvalue weighted by molar-refractivity contribution is -0.132. The predicted molar refractivity (Wildman–Crippen MR) is 86.4 cm³/mol. The molecule has 1 atom stereocenters. The largest absolute Gasteiger partial charge is 0.497 e. The number of rotatable bonds is 3. The number of urea groups is 1. The molecule has 1 aromatic heterocycles.